The van der Waals surface area contributed by atoms with Gasteiger partial charge in [0, 0.05) is 16.4 Å². The molecule has 0 aliphatic carbocycles. The minimum absolute atomic E-state index is 0.601. The van der Waals surface area contributed by atoms with Gasteiger partial charge in [-0.1, -0.05) is 0 Å². The van der Waals surface area contributed by atoms with Crippen LogP contribution in [0.15, 0.2) is 15.9 Å². The van der Waals surface area contributed by atoms with Gasteiger partial charge in [-0.3, -0.25) is 0 Å². The number of nitrogens with zero attached hydrogens (tertiary/aromatic N) is 3. The molecule has 3 heterocycles. The number of thiophene rings is 1. The number of hydrogen-bond donors (Lipinski definition) is 0. The summed E-state index contributed by atoms with van der Waals surface area (Å²) in [5, 5.41) is 11.2. The van der Waals surface area contributed by atoms with Gasteiger partial charge in [0.05, 0.1) is 10.6 Å². The number of nitriles is 1. The van der Waals surface area contributed by atoms with Gasteiger partial charge < -0.3 is 4.57 Å². The van der Waals surface area contributed by atoms with Gasteiger partial charge in [0.15, 0.2) is 11.5 Å². The fraction of sp³-hybridized carbons (Fsp3) is 0.333. The van der Waals surface area contributed by atoms with E-state index in [0.717, 1.165) is 40.3 Å². The van der Waals surface area contributed by atoms with Crippen molar-refractivity contribution in [2.45, 2.75) is 25.8 Å². The molecule has 3 nitrogen and oxygen atoms in total. The number of fused-ring (bicyclic) bond motifs is 1. The summed E-state index contributed by atoms with van der Waals surface area (Å²) >= 11 is 5.12. The third kappa shape index (κ3) is 1.81. The van der Waals surface area contributed by atoms with Crippen LogP contribution in [-0.2, 0) is 13.0 Å². The molecular formula is C12H10BrN3S. The molecule has 1 aliphatic rings. The predicted octanol–water partition coefficient (Wildman–Crippen LogP) is 3.58. The van der Waals surface area contributed by atoms with Crippen LogP contribution in [0, 0.1) is 11.3 Å². The Bertz CT molecular complexity index is 606. The fourth-order valence-corrected chi connectivity index (χ4v) is 3.68. The Morgan fingerprint density at radius 1 is 1.47 bits per heavy atom. The zero-order valence-electron chi connectivity index (χ0n) is 9.11. The van der Waals surface area contributed by atoms with Crippen molar-refractivity contribution in [3.05, 3.63) is 27.3 Å². The van der Waals surface area contributed by atoms with Crippen molar-refractivity contribution in [3.8, 4) is 16.8 Å². The van der Waals surface area contributed by atoms with Crippen molar-refractivity contribution in [2.24, 2.45) is 0 Å². The number of imidazole rings is 1. The maximum atomic E-state index is 9.13. The summed E-state index contributed by atoms with van der Waals surface area (Å²) in [6.07, 6.45) is 3.31. The van der Waals surface area contributed by atoms with Crippen LogP contribution in [0.3, 0.4) is 0 Å². The zero-order valence-corrected chi connectivity index (χ0v) is 11.5. The molecule has 2 aromatic heterocycles. The number of aromatic nitrogens is 2. The van der Waals surface area contributed by atoms with Gasteiger partial charge >= 0.3 is 0 Å². The van der Waals surface area contributed by atoms with Gasteiger partial charge in [0.2, 0.25) is 0 Å². The van der Waals surface area contributed by atoms with E-state index >= 15 is 0 Å². The van der Waals surface area contributed by atoms with E-state index in [1.807, 2.05) is 5.38 Å². The summed E-state index contributed by atoms with van der Waals surface area (Å²) in [7, 11) is 0. The van der Waals surface area contributed by atoms with Gasteiger partial charge in [-0.05, 0) is 41.3 Å². The third-order valence-corrected chi connectivity index (χ3v) is 4.70. The van der Waals surface area contributed by atoms with E-state index in [0.29, 0.717) is 5.69 Å². The molecule has 0 unspecified atom stereocenters. The highest BCUT2D eigenvalue weighted by atomic mass is 79.9. The molecule has 17 heavy (non-hydrogen) atoms. The summed E-state index contributed by atoms with van der Waals surface area (Å²) in [4.78, 5) is 5.61. The first kappa shape index (κ1) is 11.0. The van der Waals surface area contributed by atoms with Crippen molar-refractivity contribution in [1.29, 1.82) is 5.26 Å². The van der Waals surface area contributed by atoms with Crippen LogP contribution >= 0.6 is 27.3 Å². The molecule has 0 saturated heterocycles. The normalized spacial score (nSPS) is 14.4. The topological polar surface area (TPSA) is 41.6 Å². The maximum absolute atomic E-state index is 9.13. The maximum Gasteiger partial charge on any atom is 0.162 e. The molecule has 86 valence electrons. The average molecular weight is 308 g/mol. The summed E-state index contributed by atoms with van der Waals surface area (Å²) in [6, 6.07) is 4.28. The molecular weight excluding hydrogens is 298 g/mol. The highest BCUT2D eigenvalue weighted by Crippen LogP contribution is 2.32. The highest BCUT2D eigenvalue weighted by Gasteiger charge is 2.21. The van der Waals surface area contributed by atoms with E-state index in [9.17, 15) is 0 Å². The van der Waals surface area contributed by atoms with Crippen LogP contribution in [0.2, 0.25) is 0 Å². The largest absolute Gasteiger partial charge is 0.326 e. The smallest absolute Gasteiger partial charge is 0.162 e. The molecule has 0 atom stereocenters. The molecule has 0 saturated carbocycles. The Hall–Kier alpha value is -1.12. The van der Waals surface area contributed by atoms with E-state index in [-0.39, 0.29) is 0 Å². The van der Waals surface area contributed by atoms with E-state index in [1.165, 1.54) is 6.42 Å². The van der Waals surface area contributed by atoms with Crippen LogP contribution in [0.25, 0.3) is 10.7 Å². The van der Waals surface area contributed by atoms with Gasteiger partial charge in [0.25, 0.3) is 0 Å². The van der Waals surface area contributed by atoms with Gasteiger partial charge in [0.1, 0.15) is 6.07 Å². The van der Waals surface area contributed by atoms with Crippen molar-refractivity contribution < 1.29 is 0 Å². The lowest BCUT2D eigenvalue weighted by Crippen LogP contribution is -2.11. The second-order valence-electron chi connectivity index (χ2n) is 4.08. The molecule has 2 aromatic rings. The summed E-state index contributed by atoms with van der Waals surface area (Å²) in [6.45, 7) is 0.981. The molecule has 0 amide bonds. The van der Waals surface area contributed by atoms with E-state index in [4.69, 9.17) is 5.26 Å². The van der Waals surface area contributed by atoms with E-state index in [2.05, 4.69) is 37.6 Å². The summed E-state index contributed by atoms with van der Waals surface area (Å²) in [5.74, 6) is 0.951. The fourth-order valence-electron chi connectivity index (χ4n) is 2.25. The lowest BCUT2D eigenvalue weighted by molar-refractivity contribution is 0.536. The van der Waals surface area contributed by atoms with Crippen molar-refractivity contribution in [1.82, 2.24) is 9.55 Å². The number of halogens is 1. The zero-order chi connectivity index (χ0) is 11.8. The predicted molar refractivity (Wildman–Crippen MR) is 70.9 cm³/mol. The third-order valence-electron chi connectivity index (χ3n) is 3.01. The average Bonchev–Trinajstić information content (AvgIpc) is 2.92. The quantitative estimate of drug-likeness (QED) is 0.808. The van der Waals surface area contributed by atoms with Crippen LogP contribution < -0.4 is 0 Å². The van der Waals surface area contributed by atoms with Crippen LogP contribution in [0.5, 0.6) is 0 Å². The molecule has 0 aromatic carbocycles. The second kappa shape index (κ2) is 4.28. The Kier molecular flexibility index (Phi) is 2.77. The first-order valence-corrected chi connectivity index (χ1v) is 7.21. The SMILES string of the molecule is N#Cc1nc(-c2cc(Br)cs2)n2c1CCCC2. The molecule has 0 N–H and O–H groups in total. The molecule has 0 fully saturated rings. The number of rotatable bonds is 1. The summed E-state index contributed by atoms with van der Waals surface area (Å²) < 4.78 is 3.28. The van der Waals surface area contributed by atoms with Crippen LogP contribution in [-0.4, -0.2) is 9.55 Å². The van der Waals surface area contributed by atoms with Gasteiger partial charge in [-0.15, -0.1) is 11.3 Å². The first-order valence-electron chi connectivity index (χ1n) is 5.53. The molecule has 0 bridgehead atoms. The Balaban J connectivity index is 2.17. The highest BCUT2D eigenvalue weighted by molar-refractivity contribution is 9.10. The standard InChI is InChI=1S/C12H10BrN3S/c13-8-5-11(17-7-8)12-15-9(6-14)10-3-1-2-4-16(10)12/h5,7H,1-4H2. The van der Waals surface area contributed by atoms with Gasteiger partial charge in [-0.25, -0.2) is 4.98 Å². The van der Waals surface area contributed by atoms with Crippen molar-refractivity contribution >= 4 is 27.3 Å². The van der Waals surface area contributed by atoms with Crippen molar-refractivity contribution in [3.63, 3.8) is 0 Å². The Morgan fingerprint density at radius 2 is 2.35 bits per heavy atom. The Labute approximate surface area is 112 Å². The van der Waals surface area contributed by atoms with E-state index in [1.54, 1.807) is 11.3 Å². The van der Waals surface area contributed by atoms with Crippen LogP contribution in [0.4, 0.5) is 0 Å². The second-order valence-corrected chi connectivity index (χ2v) is 5.91. The van der Waals surface area contributed by atoms with Gasteiger partial charge in [-0.2, -0.15) is 5.26 Å². The number of hydrogen-bond acceptors (Lipinski definition) is 3. The lowest BCUT2D eigenvalue weighted by atomic mass is 10.1. The molecule has 1 aliphatic heterocycles. The van der Waals surface area contributed by atoms with E-state index < -0.39 is 0 Å². The Morgan fingerprint density at radius 3 is 3.06 bits per heavy atom. The van der Waals surface area contributed by atoms with Crippen molar-refractivity contribution in [2.75, 3.05) is 0 Å². The summed E-state index contributed by atoms with van der Waals surface area (Å²) in [5.41, 5.74) is 1.71. The lowest BCUT2D eigenvalue weighted by Gasteiger charge is -2.15. The van der Waals surface area contributed by atoms with Crippen LogP contribution in [0.1, 0.15) is 24.2 Å². The molecule has 5 heteroatoms. The minimum atomic E-state index is 0.601. The molecule has 3 rings (SSSR count). The molecule has 0 spiro atoms. The first-order chi connectivity index (χ1) is 8.29. The monoisotopic (exact) mass is 307 g/mol. The molecule has 0 radical (unpaired) electrons. The minimum Gasteiger partial charge on any atom is -0.326 e.